The maximum absolute atomic E-state index is 12.5. The number of benzene rings is 1. The van der Waals surface area contributed by atoms with E-state index in [2.05, 4.69) is 10.1 Å². The number of carboxylic acid groups (broad SMARTS) is 1. The van der Waals surface area contributed by atoms with Crippen LogP contribution in [0.2, 0.25) is 0 Å². The average Bonchev–Trinajstić information content (AvgIpc) is 2.61. The molecule has 2 N–H and O–H groups in total. The number of nitrogens with zero attached hydrogens (tertiary/aromatic N) is 1. The summed E-state index contributed by atoms with van der Waals surface area (Å²) < 4.78 is 33.9. The van der Waals surface area contributed by atoms with Gasteiger partial charge < -0.3 is 19.9 Å². The molecule has 0 aliphatic carbocycles. The Morgan fingerprint density at radius 2 is 1.89 bits per heavy atom. The molecule has 0 unspecified atom stereocenters. The van der Waals surface area contributed by atoms with Gasteiger partial charge in [-0.2, -0.15) is 8.78 Å². The first-order chi connectivity index (χ1) is 12.6. The molecule has 0 aliphatic heterocycles. The van der Waals surface area contributed by atoms with Crippen LogP contribution in [0.3, 0.4) is 0 Å². The Bertz CT molecular complexity index is 721. The number of halogens is 2. The predicted molar refractivity (Wildman–Crippen MR) is 89.3 cm³/mol. The van der Waals surface area contributed by atoms with Gasteiger partial charge in [0.1, 0.15) is 5.56 Å². The minimum absolute atomic E-state index is 0.228. The van der Waals surface area contributed by atoms with Crippen molar-refractivity contribution in [3.8, 4) is 11.5 Å². The summed E-state index contributed by atoms with van der Waals surface area (Å²) in [5.74, 6) is -2.95. The second kappa shape index (κ2) is 9.10. The molecule has 27 heavy (non-hydrogen) atoms. The van der Waals surface area contributed by atoms with Crippen LogP contribution in [-0.2, 0) is 4.79 Å². The third-order valence-electron chi connectivity index (χ3n) is 4.33. The fraction of sp³-hybridized carbons (Fsp3) is 0.500. The average molecular weight is 390 g/mol. The molecule has 0 fully saturated rings. The summed E-state index contributed by atoms with van der Waals surface area (Å²) in [4.78, 5) is 34.2. The predicted octanol–water partition coefficient (Wildman–Crippen LogP) is 2.83. The maximum atomic E-state index is 12.5. The van der Waals surface area contributed by atoms with Crippen molar-refractivity contribution in [2.45, 2.75) is 33.3 Å². The number of ether oxygens (including phenoxy) is 2. The maximum Gasteiger partial charge on any atom is 0.387 e. The Kier molecular flexibility index (Phi) is 7.44. The van der Waals surface area contributed by atoms with Crippen molar-refractivity contribution >= 4 is 17.6 Å². The van der Waals surface area contributed by atoms with Gasteiger partial charge in [-0.05, 0) is 12.8 Å². The number of nitro benzene ring substituents is 1. The zero-order valence-corrected chi connectivity index (χ0v) is 15.0. The van der Waals surface area contributed by atoms with Crippen molar-refractivity contribution in [1.82, 2.24) is 5.32 Å². The van der Waals surface area contributed by atoms with Gasteiger partial charge in [-0.15, -0.1) is 0 Å². The second-order valence-electron chi connectivity index (χ2n) is 5.63. The lowest BCUT2D eigenvalue weighted by Crippen LogP contribution is -2.42. The molecule has 0 radical (unpaired) electrons. The normalized spacial score (nSPS) is 11.2. The van der Waals surface area contributed by atoms with Crippen LogP contribution >= 0.6 is 0 Å². The topological polar surface area (TPSA) is 128 Å². The van der Waals surface area contributed by atoms with Gasteiger partial charge in [-0.3, -0.25) is 19.7 Å². The highest BCUT2D eigenvalue weighted by atomic mass is 19.3. The third-order valence-corrected chi connectivity index (χ3v) is 4.33. The van der Waals surface area contributed by atoms with E-state index in [-0.39, 0.29) is 25.1 Å². The Morgan fingerprint density at radius 1 is 1.30 bits per heavy atom. The summed E-state index contributed by atoms with van der Waals surface area (Å²) in [6, 6.07) is 1.55. The molecule has 0 bridgehead atoms. The quantitative estimate of drug-likeness (QED) is 0.464. The van der Waals surface area contributed by atoms with Crippen LogP contribution in [0.1, 0.15) is 37.0 Å². The molecule has 0 atom stereocenters. The van der Waals surface area contributed by atoms with Crippen LogP contribution in [0.15, 0.2) is 12.1 Å². The van der Waals surface area contributed by atoms with E-state index >= 15 is 0 Å². The summed E-state index contributed by atoms with van der Waals surface area (Å²) in [5, 5.41) is 23.0. The molecule has 0 saturated heterocycles. The SMILES string of the molecule is CCC(CC)(CNC(=O)c1cc(OC)c(OC(F)F)cc1[N+](=O)[O-])C(=O)O. The number of nitrogens with one attached hydrogen (secondary N) is 1. The van der Waals surface area contributed by atoms with E-state index in [0.717, 1.165) is 13.2 Å². The van der Waals surface area contributed by atoms with E-state index < -0.39 is 45.8 Å². The zero-order valence-electron chi connectivity index (χ0n) is 15.0. The Balaban J connectivity index is 3.25. The molecule has 0 aliphatic rings. The number of amides is 1. The minimum atomic E-state index is -3.25. The lowest BCUT2D eigenvalue weighted by molar-refractivity contribution is -0.385. The Labute approximate surface area is 153 Å². The van der Waals surface area contributed by atoms with E-state index in [9.17, 15) is 33.6 Å². The second-order valence-corrected chi connectivity index (χ2v) is 5.63. The number of alkyl halides is 2. The highest BCUT2D eigenvalue weighted by Gasteiger charge is 2.36. The van der Waals surface area contributed by atoms with Crippen molar-refractivity contribution in [2.75, 3.05) is 13.7 Å². The van der Waals surface area contributed by atoms with Crippen molar-refractivity contribution in [3.05, 3.63) is 27.8 Å². The number of carboxylic acids is 1. The lowest BCUT2D eigenvalue weighted by atomic mass is 9.82. The number of carbonyl (C=O) groups excluding carboxylic acids is 1. The molecule has 0 heterocycles. The molecule has 1 aromatic carbocycles. The van der Waals surface area contributed by atoms with E-state index in [4.69, 9.17) is 4.74 Å². The van der Waals surface area contributed by atoms with E-state index in [0.29, 0.717) is 6.07 Å². The summed E-state index contributed by atoms with van der Waals surface area (Å²) in [5.41, 5.74) is -2.48. The zero-order chi connectivity index (χ0) is 20.8. The van der Waals surface area contributed by atoms with Crippen LogP contribution in [0.25, 0.3) is 0 Å². The Hall–Kier alpha value is -2.98. The fourth-order valence-electron chi connectivity index (χ4n) is 2.45. The number of aliphatic carboxylic acids is 1. The molecule has 11 heteroatoms. The fourth-order valence-corrected chi connectivity index (χ4v) is 2.45. The number of hydrogen-bond donors (Lipinski definition) is 2. The molecular weight excluding hydrogens is 370 g/mol. The standard InChI is InChI=1S/C16H20F2N2O7/c1-4-16(5-2,14(22)23)8-19-13(21)9-6-11(26-3)12(27-15(17)18)7-10(9)20(24)25/h6-7,15H,4-5,8H2,1-3H3,(H,19,21)(H,22,23). The van der Waals surface area contributed by atoms with Crippen LogP contribution in [-0.4, -0.2) is 42.2 Å². The molecule has 1 aromatic rings. The number of carbonyl (C=O) groups is 2. The van der Waals surface area contributed by atoms with Crippen molar-refractivity contribution in [2.24, 2.45) is 5.41 Å². The highest BCUT2D eigenvalue weighted by molar-refractivity contribution is 5.99. The summed E-state index contributed by atoms with van der Waals surface area (Å²) in [6.07, 6.45) is 0.456. The van der Waals surface area contributed by atoms with Gasteiger partial charge in [0, 0.05) is 12.6 Å². The number of methoxy groups -OCH3 is 1. The highest BCUT2D eigenvalue weighted by Crippen LogP contribution is 2.36. The van der Waals surface area contributed by atoms with E-state index in [1.165, 1.54) is 0 Å². The van der Waals surface area contributed by atoms with Gasteiger partial charge in [-0.25, -0.2) is 0 Å². The van der Waals surface area contributed by atoms with Gasteiger partial charge in [0.2, 0.25) is 0 Å². The molecule has 1 amide bonds. The monoisotopic (exact) mass is 390 g/mol. The summed E-state index contributed by atoms with van der Waals surface area (Å²) in [7, 11) is 1.12. The third kappa shape index (κ3) is 5.02. The van der Waals surface area contributed by atoms with Gasteiger partial charge in [0.25, 0.3) is 11.6 Å². The van der Waals surface area contributed by atoms with Crippen molar-refractivity contribution in [3.63, 3.8) is 0 Å². The van der Waals surface area contributed by atoms with Gasteiger partial charge in [0.05, 0.1) is 23.5 Å². The largest absolute Gasteiger partial charge is 0.493 e. The van der Waals surface area contributed by atoms with Gasteiger partial charge in [0.15, 0.2) is 11.5 Å². The molecule has 0 aromatic heterocycles. The van der Waals surface area contributed by atoms with E-state index in [1.54, 1.807) is 13.8 Å². The number of hydrogen-bond acceptors (Lipinski definition) is 6. The lowest BCUT2D eigenvalue weighted by Gasteiger charge is -2.26. The molecule has 0 spiro atoms. The minimum Gasteiger partial charge on any atom is -0.493 e. The molecule has 1 rings (SSSR count). The first kappa shape index (κ1) is 22.1. The molecule has 0 saturated carbocycles. The Morgan fingerprint density at radius 3 is 2.30 bits per heavy atom. The van der Waals surface area contributed by atoms with Crippen molar-refractivity contribution < 1.29 is 37.9 Å². The summed E-state index contributed by atoms with van der Waals surface area (Å²) in [6.45, 7) is -0.219. The number of rotatable bonds is 10. The first-order valence-corrected chi connectivity index (χ1v) is 7.94. The van der Waals surface area contributed by atoms with Gasteiger partial charge in [-0.1, -0.05) is 13.8 Å². The molecule has 9 nitrogen and oxygen atoms in total. The number of nitro groups is 1. The molecular formula is C16H20F2N2O7. The van der Waals surface area contributed by atoms with Gasteiger partial charge >= 0.3 is 12.6 Å². The van der Waals surface area contributed by atoms with Crippen LogP contribution in [0, 0.1) is 15.5 Å². The van der Waals surface area contributed by atoms with Crippen LogP contribution in [0.4, 0.5) is 14.5 Å². The molecule has 150 valence electrons. The van der Waals surface area contributed by atoms with E-state index in [1.807, 2.05) is 0 Å². The van der Waals surface area contributed by atoms with Crippen LogP contribution in [0.5, 0.6) is 11.5 Å². The first-order valence-electron chi connectivity index (χ1n) is 7.94. The smallest absolute Gasteiger partial charge is 0.387 e. The van der Waals surface area contributed by atoms with Crippen molar-refractivity contribution in [1.29, 1.82) is 0 Å². The summed E-state index contributed by atoms with van der Waals surface area (Å²) >= 11 is 0. The van der Waals surface area contributed by atoms with Crippen LogP contribution < -0.4 is 14.8 Å².